The van der Waals surface area contributed by atoms with Crippen LogP contribution in [-0.2, 0) is 11.3 Å². The van der Waals surface area contributed by atoms with E-state index in [2.05, 4.69) is 25.5 Å². The molecule has 3 heterocycles. The van der Waals surface area contributed by atoms with Gasteiger partial charge in [0.05, 0.1) is 25.0 Å². The second-order valence-electron chi connectivity index (χ2n) is 5.49. The molecule has 9 nitrogen and oxygen atoms in total. The standard InChI is InChI=1S/C16H21N7O2/c1-2-25-16(24)23-9-7-22(8-10-23)15-20-14(12-19-21-15)18-11-13-5-3-4-6-17-13/h3-6,12H,2,7-11H2,1H3,(H,18,20,21). The predicted molar refractivity (Wildman–Crippen MR) is 92.2 cm³/mol. The quantitative estimate of drug-likeness (QED) is 0.864. The van der Waals surface area contributed by atoms with Gasteiger partial charge in [0, 0.05) is 32.4 Å². The van der Waals surface area contributed by atoms with E-state index in [1.165, 1.54) is 0 Å². The third-order valence-electron chi connectivity index (χ3n) is 3.81. The molecule has 1 fully saturated rings. The zero-order chi connectivity index (χ0) is 17.5. The first-order valence-corrected chi connectivity index (χ1v) is 8.26. The van der Waals surface area contributed by atoms with Gasteiger partial charge in [-0.1, -0.05) is 6.07 Å². The van der Waals surface area contributed by atoms with Crippen LogP contribution < -0.4 is 10.2 Å². The molecule has 132 valence electrons. The topological polar surface area (TPSA) is 96.4 Å². The van der Waals surface area contributed by atoms with E-state index in [1.807, 2.05) is 23.1 Å². The molecule has 2 aromatic heterocycles. The zero-order valence-electron chi connectivity index (χ0n) is 14.1. The Morgan fingerprint density at radius 3 is 2.84 bits per heavy atom. The van der Waals surface area contributed by atoms with Crippen molar-refractivity contribution in [2.45, 2.75) is 13.5 Å². The van der Waals surface area contributed by atoms with Gasteiger partial charge in [0.25, 0.3) is 0 Å². The molecule has 1 amide bonds. The fraction of sp³-hybridized carbons (Fsp3) is 0.438. The first kappa shape index (κ1) is 16.9. The van der Waals surface area contributed by atoms with Gasteiger partial charge < -0.3 is 19.9 Å². The molecule has 3 rings (SSSR count). The molecule has 1 aliphatic heterocycles. The van der Waals surface area contributed by atoms with Crippen molar-refractivity contribution in [2.75, 3.05) is 43.0 Å². The van der Waals surface area contributed by atoms with Crippen LogP contribution in [0.1, 0.15) is 12.6 Å². The van der Waals surface area contributed by atoms with Crippen LogP contribution in [0.15, 0.2) is 30.6 Å². The number of carbonyl (C=O) groups is 1. The van der Waals surface area contributed by atoms with Gasteiger partial charge in [0.2, 0.25) is 5.95 Å². The van der Waals surface area contributed by atoms with Gasteiger partial charge in [0.1, 0.15) is 0 Å². The number of ether oxygens (including phenoxy) is 1. The van der Waals surface area contributed by atoms with Gasteiger partial charge in [-0.05, 0) is 19.1 Å². The first-order valence-electron chi connectivity index (χ1n) is 8.26. The van der Waals surface area contributed by atoms with Crippen LogP contribution in [0.2, 0.25) is 0 Å². The van der Waals surface area contributed by atoms with Crippen LogP contribution >= 0.6 is 0 Å². The average molecular weight is 343 g/mol. The average Bonchev–Trinajstić information content (AvgIpc) is 2.68. The smallest absolute Gasteiger partial charge is 0.409 e. The Hall–Kier alpha value is -2.97. The van der Waals surface area contributed by atoms with Gasteiger partial charge in [0.15, 0.2) is 5.82 Å². The van der Waals surface area contributed by atoms with E-state index in [0.717, 1.165) is 5.69 Å². The number of hydrogen-bond donors (Lipinski definition) is 1. The van der Waals surface area contributed by atoms with Gasteiger partial charge in [-0.25, -0.2) is 4.79 Å². The highest BCUT2D eigenvalue weighted by Crippen LogP contribution is 2.13. The summed E-state index contributed by atoms with van der Waals surface area (Å²) >= 11 is 0. The molecule has 9 heteroatoms. The Labute approximate surface area is 146 Å². The minimum Gasteiger partial charge on any atom is -0.450 e. The summed E-state index contributed by atoms with van der Waals surface area (Å²) in [7, 11) is 0. The molecule has 1 aliphatic rings. The number of carbonyl (C=O) groups excluding carboxylic acids is 1. The number of hydrogen-bond acceptors (Lipinski definition) is 8. The predicted octanol–water partition coefficient (Wildman–Crippen LogP) is 1.16. The van der Waals surface area contributed by atoms with Crippen molar-refractivity contribution in [3.8, 4) is 0 Å². The first-order chi connectivity index (χ1) is 12.3. The number of piperazine rings is 1. The van der Waals surface area contributed by atoms with E-state index in [1.54, 1.807) is 24.2 Å². The monoisotopic (exact) mass is 343 g/mol. The molecule has 0 aliphatic carbocycles. The molecule has 0 atom stereocenters. The van der Waals surface area contributed by atoms with Crippen molar-refractivity contribution < 1.29 is 9.53 Å². The lowest BCUT2D eigenvalue weighted by Crippen LogP contribution is -2.49. The molecule has 0 radical (unpaired) electrons. The highest BCUT2D eigenvalue weighted by molar-refractivity contribution is 5.68. The Kier molecular flexibility index (Phi) is 5.55. The second kappa shape index (κ2) is 8.22. The second-order valence-corrected chi connectivity index (χ2v) is 5.49. The summed E-state index contributed by atoms with van der Waals surface area (Å²) in [5.74, 6) is 1.19. The van der Waals surface area contributed by atoms with Crippen molar-refractivity contribution in [2.24, 2.45) is 0 Å². The van der Waals surface area contributed by atoms with Crippen LogP contribution in [0, 0.1) is 0 Å². The SMILES string of the molecule is CCOC(=O)N1CCN(c2nncc(NCc3ccccn3)n2)CC1. The highest BCUT2D eigenvalue weighted by atomic mass is 16.6. The van der Waals surface area contributed by atoms with E-state index in [9.17, 15) is 4.79 Å². The number of rotatable bonds is 5. The summed E-state index contributed by atoms with van der Waals surface area (Å²) in [6, 6.07) is 5.76. The fourth-order valence-electron chi connectivity index (χ4n) is 2.50. The number of nitrogens with zero attached hydrogens (tertiary/aromatic N) is 6. The zero-order valence-corrected chi connectivity index (χ0v) is 14.1. The summed E-state index contributed by atoms with van der Waals surface area (Å²) in [5, 5.41) is 11.3. The molecule has 1 saturated heterocycles. The molecule has 0 spiro atoms. The minimum absolute atomic E-state index is 0.271. The highest BCUT2D eigenvalue weighted by Gasteiger charge is 2.23. The van der Waals surface area contributed by atoms with E-state index in [-0.39, 0.29) is 6.09 Å². The molecular weight excluding hydrogens is 322 g/mol. The minimum atomic E-state index is -0.271. The number of nitrogens with one attached hydrogen (secondary N) is 1. The molecule has 25 heavy (non-hydrogen) atoms. The van der Waals surface area contributed by atoms with Gasteiger partial charge in [-0.2, -0.15) is 10.1 Å². The fourth-order valence-corrected chi connectivity index (χ4v) is 2.50. The number of pyridine rings is 1. The molecule has 2 aromatic rings. The van der Waals surface area contributed by atoms with Crippen molar-refractivity contribution >= 4 is 17.9 Å². The molecule has 0 bridgehead atoms. The maximum absolute atomic E-state index is 11.7. The lowest BCUT2D eigenvalue weighted by atomic mass is 10.3. The molecule has 0 saturated carbocycles. The van der Waals surface area contributed by atoms with Gasteiger partial charge in [-0.15, -0.1) is 5.10 Å². The van der Waals surface area contributed by atoms with Crippen molar-refractivity contribution in [1.29, 1.82) is 0 Å². The van der Waals surface area contributed by atoms with Crippen LogP contribution in [-0.4, -0.2) is 63.9 Å². The summed E-state index contributed by atoms with van der Waals surface area (Å²) < 4.78 is 5.02. The normalized spacial score (nSPS) is 14.3. The largest absolute Gasteiger partial charge is 0.450 e. The number of anilines is 2. The lowest BCUT2D eigenvalue weighted by Gasteiger charge is -2.33. The Balaban J connectivity index is 1.56. The number of amides is 1. The Morgan fingerprint density at radius 2 is 2.12 bits per heavy atom. The van der Waals surface area contributed by atoms with Gasteiger partial charge in [-0.3, -0.25) is 4.98 Å². The maximum Gasteiger partial charge on any atom is 0.409 e. The lowest BCUT2D eigenvalue weighted by molar-refractivity contribution is 0.105. The molecule has 0 unspecified atom stereocenters. The van der Waals surface area contributed by atoms with Crippen molar-refractivity contribution in [1.82, 2.24) is 25.1 Å². The third kappa shape index (κ3) is 4.52. The third-order valence-corrected chi connectivity index (χ3v) is 3.81. The van der Waals surface area contributed by atoms with E-state index in [4.69, 9.17) is 4.74 Å². The molecule has 1 N–H and O–H groups in total. The van der Waals surface area contributed by atoms with Crippen molar-refractivity contribution in [3.63, 3.8) is 0 Å². The van der Waals surface area contributed by atoms with Crippen LogP contribution in [0.4, 0.5) is 16.6 Å². The molecular formula is C16H21N7O2. The summed E-state index contributed by atoms with van der Waals surface area (Å²) in [6.07, 6.45) is 3.07. The summed E-state index contributed by atoms with van der Waals surface area (Å²) in [4.78, 5) is 24.2. The summed E-state index contributed by atoms with van der Waals surface area (Å²) in [5.41, 5.74) is 0.922. The Morgan fingerprint density at radius 1 is 1.28 bits per heavy atom. The maximum atomic E-state index is 11.7. The summed E-state index contributed by atoms with van der Waals surface area (Å²) in [6.45, 7) is 5.19. The van der Waals surface area contributed by atoms with Crippen molar-refractivity contribution in [3.05, 3.63) is 36.3 Å². The van der Waals surface area contributed by atoms with Crippen LogP contribution in [0.5, 0.6) is 0 Å². The van der Waals surface area contributed by atoms with Crippen LogP contribution in [0.3, 0.4) is 0 Å². The Bertz CT molecular complexity index is 690. The van der Waals surface area contributed by atoms with E-state index < -0.39 is 0 Å². The molecule has 0 aromatic carbocycles. The van der Waals surface area contributed by atoms with E-state index in [0.29, 0.717) is 51.1 Å². The number of aromatic nitrogens is 4. The van der Waals surface area contributed by atoms with E-state index >= 15 is 0 Å². The van der Waals surface area contributed by atoms with Crippen LogP contribution in [0.25, 0.3) is 0 Å². The van der Waals surface area contributed by atoms with Gasteiger partial charge >= 0.3 is 6.09 Å².